The van der Waals surface area contributed by atoms with Crippen LogP contribution in [0.25, 0.3) is 17.4 Å². The third kappa shape index (κ3) is 6.78. The Kier molecular flexibility index (Phi) is 8.62. The summed E-state index contributed by atoms with van der Waals surface area (Å²) in [5.41, 5.74) is 2.16. The van der Waals surface area contributed by atoms with Crippen LogP contribution in [0.1, 0.15) is 18.6 Å². The van der Waals surface area contributed by atoms with E-state index >= 15 is 0 Å². The number of nitrogens with one attached hydrogen (secondary N) is 2. The molecule has 10 nitrogen and oxygen atoms in total. The van der Waals surface area contributed by atoms with Gasteiger partial charge in [-0.25, -0.2) is 13.1 Å². The largest absolute Gasteiger partial charge is 0.457 e. The lowest BCUT2D eigenvalue weighted by Crippen LogP contribution is -2.38. The maximum atomic E-state index is 12.7. The van der Waals surface area contributed by atoms with Crippen molar-refractivity contribution in [1.82, 2.24) is 4.72 Å². The van der Waals surface area contributed by atoms with Gasteiger partial charge in [0.2, 0.25) is 10.0 Å². The SMILES string of the molecule is N#C/C(=C\c1ccc(-c2ccc(S(=O)(=O)NC3CCOCC3)cc2)o1)C(=O)Nc1ccc(N2CCOCC2)cc1. The van der Waals surface area contributed by atoms with Crippen LogP contribution in [-0.2, 0) is 24.3 Å². The molecule has 2 N–H and O–H groups in total. The van der Waals surface area contributed by atoms with Crippen molar-refractivity contribution in [2.45, 2.75) is 23.8 Å². The van der Waals surface area contributed by atoms with E-state index in [0.29, 0.717) is 62.0 Å². The average molecular weight is 563 g/mol. The van der Waals surface area contributed by atoms with E-state index in [1.165, 1.54) is 18.2 Å². The number of amides is 1. The number of morpholine rings is 1. The standard InChI is InChI=1S/C29H30N4O6S/c30-20-22(29(34)31-23-3-5-25(6-4-23)33-13-17-38-18-14-33)19-26-7-10-28(39-26)21-1-8-27(9-2-21)40(35,36)32-24-11-15-37-16-12-24/h1-10,19,24,32H,11-18H2,(H,31,34)/b22-19+. The Hall–Kier alpha value is -3.95. The minimum atomic E-state index is -3.65. The van der Waals surface area contributed by atoms with E-state index in [0.717, 1.165) is 18.8 Å². The third-order valence-electron chi connectivity index (χ3n) is 6.77. The van der Waals surface area contributed by atoms with Crippen molar-refractivity contribution in [2.75, 3.05) is 49.7 Å². The van der Waals surface area contributed by atoms with Crippen LogP contribution in [0.4, 0.5) is 11.4 Å². The molecule has 3 aromatic rings. The number of nitrogens with zero attached hydrogens (tertiary/aromatic N) is 2. The van der Waals surface area contributed by atoms with Gasteiger partial charge in [-0.2, -0.15) is 5.26 Å². The van der Waals surface area contributed by atoms with Crippen molar-refractivity contribution in [3.05, 3.63) is 72.0 Å². The zero-order valence-corrected chi connectivity index (χ0v) is 22.7. The van der Waals surface area contributed by atoms with Crippen LogP contribution in [0.3, 0.4) is 0 Å². The van der Waals surface area contributed by atoms with E-state index < -0.39 is 15.9 Å². The number of carbonyl (C=O) groups is 1. The first-order chi connectivity index (χ1) is 19.4. The van der Waals surface area contributed by atoms with Crippen molar-refractivity contribution in [3.63, 3.8) is 0 Å². The maximum Gasteiger partial charge on any atom is 0.266 e. The molecule has 2 aromatic carbocycles. The van der Waals surface area contributed by atoms with E-state index in [1.807, 2.05) is 18.2 Å². The van der Waals surface area contributed by atoms with Crippen molar-refractivity contribution in [2.24, 2.45) is 0 Å². The minimum absolute atomic E-state index is 0.112. The van der Waals surface area contributed by atoms with Gasteiger partial charge in [-0.3, -0.25) is 4.79 Å². The summed E-state index contributed by atoms with van der Waals surface area (Å²) < 4.78 is 44.7. The van der Waals surface area contributed by atoms with Gasteiger partial charge in [0.1, 0.15) is 23.2 Å². The monoisotopic (exact) mass is 562 g/mol. The molecule has 2 fully saturated rings. The highest BCUT2D eigenvalue weighted by Gasteiger charge is 2.22. The number of hydrogen-bond donors (Lipinski definition) is 2. The van der Waals surface area contributed by atoms with E-state index in [4.69, 9.17) is 13.9 Å². The van der Waals surface area contributed by atoms with Crippen LogP contribution in [0.2, 0.25) is 0 Å². The number of benzene rings is 2. The van der Waals surface area contributed by atoms with Gasteiger partial charge in [-0.05, 0) is 73.5 Å². The van der Waals surface area contributed by atoms with Crippen molar-refractivity contribution < 1.29 is 27.1 Å². The van der Waals surface area contributed by atoms with Gasteiger partial charge < -0.3 is 24.1 Å². The van der Waals surface area contributed by atoms with E-state index in [1.54, 1.807) is 36.4 Å². The average Bonchev–Trinajstić information content (AvgIpc) is 3.46. The van der Waals surface area contributed by atoms with E-state index in [-0.39, 0.29) is 16.5 Å². The molecule has 1 aromatic heterocycles. The molecule has 0 aliphatic carbocycles. The predicted octanol–water partition coefficient (Wildman–Crippen LogP) is 3.79. The number of anilines is 2. The smallest absolute Gasteiger partial charge is 0.266 e. The Bertz CT molecular complexity index is 1500. The number of nitriles is 1. The van der Waals surface area contributed by atoms with Gasteiger partial charge in [-0.1, -0.05) is 0 Å². The summed E-state index contributed by atoms with van der Waals surface area (Å²) in [7, 11) is -3.65. The van der Waals surface area contributed by atoms with Gasteiger partial charge >= 0.3 is 0 Å². The quantitative estimate of drug-likeness (QED) is 0.313. The molecule has 2 saturated heterocycles. The second kappa shape index (κ2) is 12.5. The normalized spacial score (nSPS) is 16.9. The molecule has 40 heavy (non-hydrogen) atoms. The Morgan fingerprint density at radius 1 is 0.925 bits per heavy atom. The topological polar surface area (TPSA) is 134 Å². The molecule has 0 bridgehead atoms. The molecule has 1 amide bonds. The van der Waals surface area contributed by atoms with Gasteiger partial charge in [0.05, 0.1) is 18.1 Å². The molecule has 0 atom stereocenters. The Balaban J connectivity index is 1.22. The van der Waals surface area contributed by atoms with Crippen LogP contribution in [0, 0.1) is 11.3 Å². The highest BCUT2D eigenvalue weighted by Crippen LogP contribution is 2.26. The zero-order chi connectivity index (χ0) is 28.0. The molecule has 2 aliphatic heterocycles. The first kappa shape index (κ1) is 27.6. The van der Waals surface area contributed by atoms with Crippen LogP contribution >= 0.6 is 0 Å². The lowest BCUT2D eigenvalue weighted by atomic mass is 10.1. The molecule has 11 heteroatoms. The Labute approximate surface area is 233 Å². The molecular weight excluding hydrogens is 532 g/mol. The maximum absolute atomic E-state index is 12.7. The number of rotatable bonds is 8. The van der Waals surface area contributed by atoms with Crippen molar-refractivity contribution in [1.29, 1.82) is 5.26 Å². The Morgan fingerprint density at radius 2 is 1.60 bits per heavy atom. The number of ether oxygens (including phenoxy) is 2. The van der Waals surface area contributed by atoms with Crippen molar-refractivity contribution in [3.8, 4) is 17.4 Å². The van der Waals surface area contributed by atoms with Gasteiger partial charge in [0, 0.05) is 55.4 Å². The molecular formula is C29H30N4O6S. The molecule has 0 unspecified atom stereocenters. The first-order valence-corrected chi connectivity index (χ1v) is 14.6. The van der Waals surface area contributed by atoms with Crippen LogP contribution in [0.15, 0.2) is 75.5 Å². The highest BCUT2D eigenvalue weighted by atomic mass is 32.2. The summed E-state index contributed by atoms with van der Waals surface area (Å²) in [4.78, 5) is 15.1. The molecule has 5 rings (SSSR count). The minimum Gasteiger partial charge on any atom is -0.457 e. The van der Waals surface area contributed by atoms with E-state index in [2.05, 4.69) is 14.9 Å². The predicted molar refractivity (Wildman–Crippen MR) is 150 cm³/mol. The van der Waals surface area contributed by atoms with Gasteiger partial charge in [0.15, 0.2) is 0 Å². The van der Waals surface area contributed by atoms with Crippen LogP contribution in [0.5, 0.6) is 0 Å². The highest BCUT2D eigenvalue weighted by molar-refractivity contribution is 7.89. The third-order valence-corrected chi connectivity index (χ3v) is 8.31. The Morgan fingerprint density at radius 3 is 2.27 bits per heavy atom. The second-order valence-corrected chi connectivity index (χ2v) is 11.2. The molecule has 208 valence electrons. The fourth-order valence-corrected chi connectivity index (χ4v) is 5.86. The molecule has 0 radical (unpaired) electrons. The number of sulfonamides is 1. The number of hydrogen-bond acceptors (Lipinski definition) is 8. The molecule has 0 saturated carbocycles. The molecule has 2 aliphatic rings. The summed E-state index contributed by atoms with van der Waals surface area (Å²) >= 11 is 0. The zero-order valence-electron chi connectivity index (χ0n) is 21.8. The summed E-state index contributed by atoms with van der Waals surface area (Å²) in [6, 6.07) is 18.9. The number of carbonyl (C=O) groups excluding carboxylic acids is 1. The first-order valence-electron chi connectivity index (χ1n) is 13.1. The van der Waals surface area contributed by atoms with E-state index in [9.17, 15) is 18.5 Å². The summed E-state index contributed by atoms with van der Waals surface area (Å²) in [5.74, 6) is 0.248. The summed E-state index contributed by atoms with van der Waals surface area (Å²) in [6.07, 6.45) is 2.66. The lowest BCUT2D eigenvalue weighted by molar-refractivity contribution is -0.112. The fourth-order valence-electron chi connectivity index (χ4n) is 4.55. The summed E-state index contributed by atoms with van der Waals surface area (Å²) in [6.45, 7) is 4.08. The number of furan rings is 1. The second-order valence-electron chi connectivity index (χ2n) is 9.50. The molecule has 0 spiro atoms. The van der Waals surface area contributed by atoms with Gasteiger partial charge in [0.25, 0.3) is 5.91 Å². The lowest BCUT2D eigenvalue weighted by Gasteiger charge is -2.28. The van der Waals surface area contributed by atoms with Gasteiger partial charge in [-0.15, -0.1) is 0 Å². The summed E-state index contributed by atoms with van der Waals surface area (Å²) in [5, 5.41) is 12.3. The van der Waals surface area contributed by atoms with Crippen LogP contribution in [-0.4, -0.2) is 59.9 Å². The van der Waals surface area contributed by atoms with Crippen molar-refractivity contribution >= 4 is 33.4 Å². The fraction of sp³-hybridized carbons (Fsp3) is 0.310. The molecule has 3 heterocycles. The van der Waals surface area contributed by atoms with Crippen LogP contribution < -0.4 is 14.9 Å².